The molecule has 53 valence electrons. The summed E-state index contributed by atoms with van der Waals surface area (Å²) in [5.41, 5.74) is 6.20. The SMILES string of the molecule is CC1=C(C)C(=O)N[N]C1=O. The van der Waals surface area contributed by atoms with Crippen LogP contribution in [0.1, 0.15) is 13.8 Å². The van der Waals surface area contributed by atoms with E-state index in [1.165, 1.54) is 0 Å². The molecule has 0 atom stereocenters. The van der Waals surface area contributed by atoms with Crippen molar-refractivity contribution in [2.45, 2.75) is 13.8 Å². The monoisotopic (exact) mass is 139 g/mol. The minimum absolute atomic E-state index is 0.294. The van der Waals surface area contributed by atoms with Gasteiger partial charge in [0.1, 0.15) is 0 Å². The lowest BCUT2D eigenvalue weighted by Gasteiger charge is -2.11. The highest BCUT2D eigenvalue weighted by molar-refractivity contribution is 6.07. The van der Waals surface area contributed by atoms with Crippen LogP contribution in [0.4, 0.5) is 0 Å². The first kappa shape index (κ1) is 6.80. The summed E-state index contributed by atoms with van der Waals surface area (Å²) in [4.78, 5) is 21.4. The molecular formula is C6H7N2O2. The molecule has 0 saturated carbocycles. The van der Waals surface area contributed by atoms with Crippen molar-refractivity contribution in [2.75, 3.05) is 0 Å². The molecule has 4 nitrogen and oxygen atoms in total. The molecule has 10 heavy (non-hydrogen) atoms. The third-order valence-electron chi connectivity index (χ3n) is 1.48. The highest BCUT2D eigenvalue weighted by atomic mass is 16.2. The van der Waals surface area contributed by atoms with Gasteiger partial charge in [-0.05, 0) is 13.8 Å². The molecule has 0 saturated heterocycles. The third kappa shape index (κ3) is 0.877. The van der Waals surface area contributed by atoms with Crippen LogP contribution >= 0.6 is 0 Å². The van der Waals surface area contributed by atoms with Gasteiger partial charge in [-0.1, -0.05) is 0 Å². The molecule has 0 unspecified atom stereocenters. The molecule has 1 aliphatic heterocycles. The molecule has 0 aromatic rings. The summed E-state index contributed by atoms with van der Waals surface area (Å²) in [6, 6.07) is 0. The Bertz CT molecular complexity index is 206. The molecule has 0 fully saturated rings. The largest absolute Gasteiger partial charge is 0.289 e. The van der Waals surface area contributed by atoms with Crippen LogP contribution in [0.25, 0.3) is 0 Å². The van der Waals surface area contributed by atoms with Gasteiger partial charge >= 0.3 is 0 Å². The first-order valence-electron chi connectivity index (χ1n) is 2.86. The van der Waals surface area contributed by atoms with Gasteiger partial charge in [0.2, 0.25) is 0 Å². The van der Waals surface area contributed by atoms with Crippen molar-refractivity contribution in [3.63, 3.8) is 0 Å². The van der Waals surface area contributed by atoms with E-state index < -0.39 is 0 Å². The zero-order valence-electron chi connectivity index (χ0n) is 5.76. The predicted molar refractivity (Wildman–Crippen MR) is 33.7 cm³/mol. The van der Waals surface area contributed by atoms with Gasteiger partial charge < -0.3 is 0 Å². The van der Waals surface area contributed by atoms with Gasteiger partial charge in [0.05, 0.1) is 0 Å². The first-order chi connectivity index (χ1) is 4.63. The molecule has 0 aliphatic carbocycles. The normalized spacial score (nSPS) is 18.6. The molecule has 1 N–H and O–H groups in total. The summed E-state index contributed by atoms with van der Waals surface area (Å²) in [7, 11) is 0. The van der Waals surface area contributed by atoms with Crippen molar-refractivity contribution in [1.29, 1.82) is 0 Å². The zero-order valence-corrected chi connectivity index (χ0v) is 5.76. The van der Waals surface area contributed by atoms with Gasteiger partial charge in [-0.25, -0.2) is 5.43 Å². The molecule has 0 spiro atoms. The summed E-state index contributed by atoms with van der Waals surface area (Å²) < 4.78 is 0. The number of rotatable bonds is 0. The molecule has 0 bridgehead atoms. The zero-order chi connectivity index (χ0) is 7.72. The Labute approximate surface area is 58.3 Å². The summed E-state index contributed by atoms with van der Waals surface area (Å²) in [6.07, 6.45) is 0. The van der Waals surface area contributed by atoms with Crippen molar-refractivity contribution < 1.29 is 9.59 Å². The van der Waals surface area contributed by atoms with Crippen LogP contribution in [0.5, 0.6) is 0 Å². The van der Waals surface area contributed by atoms with Crippen LogP contribution in [-0.4, -0.2) is 11.8 Å². The Morgan fingerprint density at radius 2 is 1.80 bits per heavy atom. The number of amides is 2. The molecule has 1 radical (unpaired) electrons. The number of hydrogen-bond acceptors (Lipinski definition) is 2. The van der Waals surface area contributed by atoms with Gasteiger partial charge in [0.15, 0.2) is 0 Å². The maximum absolute atomic E-state index is 10.7. The summed E-state index contributed by atoms with van der Waals surface area (Å²) >= 11 is 0. The molecular weight excluding hydrogens is 132 g/mol. The molecule has 0 aromatic carbocycles. The van der Waals surface area contributed by atoms with Gasteiger partial charge in [0.25, 0.3) is 11.8 Å². The molecule has 1 aliphatic rings. The molecule has 0 aromatic heterocycles. The van der Waals surface area contributed by atoms with E-state index in [1.54, 1.807) is 13.8 Å². The fourth-order valence-electron chi connectivity index (χ4n) is 0.600. The van der Waals surface area contributed by atoms with Crippen molar-refractivity contribution >= 4 is 11.8 Å². The third-order valence-corrected chi connectivity index (χ3v) is 1.48. The Morgan fingerprint density at radius 1 is 1.20 bits per heavy atom. The highest BCUT2D eigenvalue weighted by Crippen LogP contribution is 2.06. The average Bonchev–Trinajstić information content (AvgIpc) is 1.93. The minimum atomic E-state index is -0.364. The van der Waals surface area contributed by atoms with E-state index in [0.29, 0.717) is 11.1 Å². The maximum Gasteiger partial charge on any atom is 0.289 e. The quantitative estimate of drug-likeness (QED) is 0.491. The summed E-state index contributed by atoms with van der Waals surface area (Å²) in [5.74, 6) is -0.658. The lowest BCUT2D eigenvalue weighted by Crippen LogP contribution is -2.41. The van der Waals surface area contributed by atoms with E-state index >= 15 is 0 Å². The lowest BCUT2D eigenvalue weighted by molar-refractivity contribution is -0.127. The molecule has 1 rings (SSSR count). The Balaban J connectivity index is 3.03. The minimum Gasteiger partial charge on any atom is -0.268 e. The van der Waals surface area contributed by atoms with Crippen LogP contribution in [-0.2, 0) is 9.59 Å². The second-order valence-electron chi connectivity index (χ2n) is 2.11. The topological polar surface area (TPSA) is 60.3 Å². The number of hydrogen-bond donors (Lipinski definition) is 1. The molecule has 4 heteroatoms. The Hall–Kier alpha value is -1.32. The van der Waals surface area contributed by atoms with Crippen LogP contribution in [0, 0.1) is 0 Å². The van der Waals surface area contributed by atoms with Gasteiger partial charge in [-0.3, -0.25) is 9.59 Å². The van der Waals surface area contributed by atoms with E-state index in [4.69, 9.17) is 0 Å². The number of nitrogens with one attached hydrogen (secondary N) is 1. The molecule has 1 heterocycles. The Kier molecular flexibility index (Phi) is 1.45. The summed E-state index contributed by atoms with van der Waals surface area (Å²) in [5, 5.41) is 0. The first-order valence-corrected chi connectivity index (χ1v) is 2.86. The van der Waals surface area contributed by atoms with Crippen molar-refractivity contribution in [3.8, 4) is 0 Å². The van der Waals surface area contributed by atoms with E-state index in [0.717, 1.165) is 0 Å². The van der Waals surface area contributed by atoms with Crippen molar-refractivity contribution in [3.05, 3.63) is 11.1 Å². The summed E-state index contributed by atoms with van der Waals surface area (Å²) in [6.45, 7) is 3.18. The van der Waals surface area contributed by atoms with Crippen molar-refractivity contribution in [2.24, 2.45) is 0 Å². The molecule has 2 amide bonds. The van der Waals surface area contributed by atoms with E-state index in [1.807, 2.05) is 0 Å². The van der Waals surface area contributed by atoms with Gasteiger partial charge in [-0.15, -0.1) is 5.43 Å². The second-order valence-corrected chi connectivity index (χ2v) is 2.11. The van der Waals surface area contributed by atoms with Gasteiger partial charge in [-0.2, -0.15) is 0 Å². The van der Waals surface area contributed by atoms with Crippen LogP contribution in [0.15, 0.2) is 11.1 Å². The Morgan fingerprint density at radius 3 is 2.30 bits per heavy atom. The second kappa shape index (κ2) is 2.13. The fourth-order valence-corrected chi connectivity index (χ4v) is 0.600. The fraction of sp³-hybridized carbons (Fsp3) is 0.333. The van der Waals surface area contributed by atoms with Crippen LogP contribution in [0.3, 0.4) is 0 Å². The van der Waals surface area contributed by atoms with Gasteiger partial charge in [0, 0.05) is 11.1 Å². The highest BCUT2D eigenvalue weighted by Gasteiger charge is 2.20. The van der Waals surface area contributed by atoms with Crippen LogP contribution < -0.4 is 10.9 Å². The average molecular weight is 139 g/mol. The van der Waals surface area contributed by atoms with Crippen molar-refractivity contribution in [1.82, 2.24) is 10.9 Å². The predicted octanol–water partition coefficient (Wildman–Crippen LogP) is -0.501. The van der Waals surface area contributed by atoms with Crippen LogP contribution in [0.2, 0.25) is 0 Å². The standard InChI is InChI=1S/C6H7N2O2/c1-3-4(2)6(10)8-7-5(3)9/h1-2H3,(H,7,9). The lowest BCUT2D eigenvalue weighted by atomic mass is 10.1. The number of carbonyl (C=O) groups is 2. The number of carbonyl (C=O) groups excluding carboxylic acids is 2. The van der Waals surface area contributed by atoms with E-state index in [9.17, 15) is 9.59 Å². The smallest absolute Gasteiger partial charge is 0.268 e. The number of nitrogens with zero attached hydrogens (tertiary/aromatic N) is 1. The van der Waals surface area contributed by atoms with E-state index in [-0.39, 0.29) is 11.8 Å². The maximum atomic E-state index is 10.7. The van der Waals surface area contributed by atoms with E-state index in [2.05, 4.69) is 10.9 Å².